The summed E-state index contributed by atoms with van der Waals surface area (Å²) in [5, 5.41) is 15.1. The van der Waals surface area contributed by atoms with Crippen molar-refractivity contribution in [2.24, 2.45) is 0 Å². The van der Waals surface area contributed by atoms with Gasteiger partial charge in [-0.15, -0.1) is 0 Å². The van der Waals surface area contributed by atoms with Crippen LogP contribution in [-0.4, -0.2) is 25.2 Å². The first-order valence-corrected chi connectivity index (χ1v) is 7.01. The number of hydrogen-bond donors (Lipinski definition) is 1. The lowest BCUT2D eigenvalue weighted by Gasteiger charge is -2.30. The first-order chi connectivity index (χ1) is 10.8. The van der Waals surface area contributed by atoms with Gasteiger partial charge in [0.05, 0.1) is 12.1 Å². The highest BCUT2D eigenvalue weighted by Crippen LogP contribution is 2.36. The van der Waals surface area contributed by atoms with Crippen LogP contribution >= 0.6 is 0 Å². The van der Waals surface area contributed by atoms with E-state index in [1.54, 1.807) is 23.0 Å². The monoisotopic (exact) mass is 296 g/mol. The number of anilines is 1. The summed E-state index contributed by atoms with van der Waals surface area (Å²) in [6.07, 6.45) is 4.34. The summed E-state index contributed by atoms with van der Waals surface area (Å²) in [7, 11) is 0. The maximum atomic E-state index is 13.2. The second kappa shape index (κ2) is 5.18. The summed E-state index contributed by atoms with van der Waals surface area (Å²) in [4.78, 5) is 4.16. The molecule has 0 radical (unpaired) electrons. The second-order valence-electron chi connectivity index (χ2n) is 5.23. The third-order valence-electron chi connectivity index (χ3n) is 3.89. The number of rotatable bonds is 2. The van der Waals surface area contributed by atoms with Crippen molar-refractivity contribution in [1.29, 1.82) is 0 Å². The van der Waals surface area contributed by atoms with Gasteiger partial charge in [0, 0.05) is 12.4 Å². The average Bonchev–Trinajstić information content (AvgIpc) is 3.04. The van der Waals surface area contributed by atoms with Crippen LogP contribution in [0.1, 0.15) is 29.6 Å². The number of nitrogens with one attached hydrogen (secondary N) is 1. The molecule has 2 atom stereocenters. The molecule has 1 aromatic carbocycles. The minimum Gasteiger partial charge on any atom is -0.346 e. The molecule has 1 aliphatic heterocycles. The van der Waals surface area contributed by atoms with Crippen LogP contribution in [0.4, 0.5) is 10.3 Å². The van der Waals surface area contributed by atoms with E-state index in [9.17, 15) is 4.39 Å². The van der Waals surface area contributed by atoms with Crippen LogP contribution in [0.2, 0.25) is 0 Å². The van der Waals surface area contributed by atoms with E-state index >= 15 is 0 Å². The van der Waals surface area contributed by atoms with E-state index in [0.717, 1.165) is 17.5 Å². The van der Waals surface area contributed by atoms with Crippen LogP contribution in [0.5, 0.6) is 0 Å². The Bertz CT molecular complexity index is 770. The molecule has 7 heteroatoms. The van der Waals surface area contributed by atoms with E-state index < -0.39 is 0 Å². The van der Waals surface area contributed by atoms with Crippen molar-refractivity contribution >= 4 is 5.95 Å². The van der Waals surface area contributed by atoms with Gasteiger partial charge in [0.15, 0.2) is 0 Å². The van der Waals surface area contributed by atoms with Crippen LogP contribution in [0.3, 0.4) is 0 Å². The smallest absolute Gasteiger partial charge is 0.243 e. The van der Waals surface area contributed by atoms with Crippen molar-refractivity contribution < 1.29 is 4.39 Å². The van der Waals surface area contributed by atoms with Gasteiger partial charge in [0.2, 0.25) is 5.95 Å². The Morgan fingerprint density at radius 2 is 2.00 bits per heavy atom. The number of hydrogen-bond acceptors (Lipinski definition) is 5. The van der Waals surface area contributed by atoms with Gasteiger partial charge < -0.3 is 5.32 Å². The van der Waals surface area contributed by atoms with Gasteiger partial charge in [0.1, 0.15) is 5.82 Å². The quantitative estimate of drug-likeness (QED) is 0.786. The third-order valence-corrected chi connectivity index (χ3v) is 3.89. The summed E-state index contributed by atoms with van der Waals surface area (Å²) >= 11 is 0. The molecule has 1 aliphatic rings. The fourth-order valence-corrected chi connectivity index (χ4v) is 2.80. The Hall–Kier alpha value is -2.83. The number of halogens is 1. The fourth-order valence-electron chi connectivity index (χ4n) is 2.80. The lowest BCUT2D eigenvalue weighted by molar-refractivity contribution is 0.423. The molecular formula is C15H13FN6. The summed E-state index contributed by atoms with van der Waals surface area (Å²) in [5.74, 6) is 0.355. The maximum absolute atomic E-state index is 13.2. The Morgan fingerprint density at radius 1 is 1.14 bits per heavy atom. The van der Waals surface area contributed by atoms with E-state index in [1.165, 1.54) is 12.1 Å². The molecule has 2 aromatic heterocycles. The van der Waals surface area contributed by atoms with Crippen LogP contribution < -0.4 is 5.32 Å². The van der Waals surface area contributed by atoms with Gasteiger partial charge >= 0.3 is 0 Å². The fraction of sp³-hybridized carbons (Fsp3) is 0.200. The van der Waals surface area contributed by atoms with Gasteiger partial charge in [-0.1, -0.05) is 23.3 Å². The lowest BCUT2D eigenvalue weighted by Crippen LogP contribution is -2.28. The molecule has 3 aromatic rings. The summed E-state index contributed by atoms with van der Waals surface area (Å²) in [5.41, 5.74) is 2.05. The molecule has 1 N–H and O–H groups in total. The van der Waals surface area contributed by atoms with Crippen molar-refractivity contribution in [3.05, 3.63) is 65.7 Å². The maximum Gasteiger partial charge on any atom is 0.243 e. The average molecular weight is 296 g/mol. The van der Waals surface area contributed by atoms with Crippen molar-refractivity contribution in [2.75, 3.05) is 5.32 Å². The topological polar surface area (TPSA) is 68.5 Å². The lowest BCUT2D eigenvalue weighted by atomic mass is 9.94. The van der Waals surface area contributed by atoms with E-state index in [-0.39, 0.29) is 17.9 Å². The molecule has 6 nitrogen and oxygen atoms in total. The van der Waals surface area contributed by atoms with Crippen molar-refractivity contribution in [2.45, 2.75) is 18.5 Å². The number of aromatic nitrogens is 5. The highest BCUT2D eigenvalue weighted by atomic mass is 19.1. The van der Waals surface area contributed by atoms with Gasteiger partial charge in [-0.25, -0.2) is 9.07 Å². The predicted molar refractivity (Wildman–Crippen MR) is 77.6 cm³/mol. The van der Waals surface area contributed by atoms with E-state index in [2.05, 4.69) is 25.8 Å². The Balaban J connectivity index is 1.73. The molecule has 4 rings (SSSR count). The van der Waals surface area contributed by atoms with Gasteiger partial charge in [0.25, 0.3) is 0 Å². The number of tetrazole rings is 1. The zero-order valence-electron chi connectivity index (χ0n) is 11.6. The van der Waals surface area contributed by atoms with Crippen molar-refractivity contribution in [3.8, 4) is 0 Å². The van der Waals surface area contributed by atoms with Gasteiger partial charge in [-0.3, -0.25) is 4.98 Å². The molecule has 0 spiro atoms. The Kier molecular flexibility index (Phi) is 3.03. The number of fused-ring (bicyclic) bond motifs is 1. The zero-order valence-corrected chi connectivity index (χ0v) is 11.6. The molecule has 0 unspecified atom stereocenters. The SMILES string of the molecule is Fc1ccc([C@H]2C[C@H](c3cccnc3)Nc3nnnn32)cc1. The highest BCUT2D eigenvalue weighted by Gasteiger charge is 2.30. The Morgan fingerprint density at radius 3 is 2.77 bits per heavy atom. The van der Waals surface area contributed by atoms with Crippen LogP contribution in [-0.2, 0) is 0 Å². The Labute approximate surface area is 126 Å². The summed E-state index contributed by atoms with van der Waals surface area (Å²) < 4.78 is 14.9. The summed E-state index contributed by atoms with van der Waals surface area (Å²) in [6, 6.07) is 10.4. The first-order valence-electron chi connectivity index (χ1n) is 7.01. The van der Waals surface area contributed by atoms with Gasteiger partial charge in [-0.05, 0) is 46.2 Å². The third kappa shape index (κ3) is 2.20. The predicted octanol–water partition coefficient (Wildman–Crippen LogP) is 2.35. The van der Waals surface area contributed by atoms with E-state index in [0.29, 0.717) is 5.95 Å². The van der Waals surface area contributed by atoms with Crippen LogP contribution in [0.15, 0.2) is 48.8 Å². The zero-order chi connectivity index (χ0) is 14.9. The number of benzene rings is 1. The molecule has 22 heavy (non-hydrogen) atoms. The highest BCUT2D eigenvalue weighted by molar-refractivity contribution is 5.36. The van der Waals surface area contributed by atoms with E-state index in [1.807, 2.05) is 18.3 Å². The van der Waals surface area contributed by atoms with E-state index in [4.69, 9.17) is 0 Å². The molecule has 0 bridgehead atoms. The van der Waals surface area contributed by atoms with Gasteiger partial charge in [-0.2, -0.15) is 0 Å². The molecule has 3 heterocycles. The molecule has 0 saturated heterocycles. The number of pyridine rings is 1. The normalized spacial score (nSPS) is 20.2. The van der Waals surface area contributed by atoms with Crippen molar-refractivity contribution in [3.63, 3.8) is 0 Å². The number of nitrogens with zero attached hydrogens (tertiary/aromatic N) is 5. The molecule has 0 fully saturated rings. The molecule has 0 amide bonds. The molecule has 0 aliphatic carbocycles. The van der Waals surface area contributed by atoms with Crippen LogP contribution in [0.25, 0.3) is 0 Å². The largest absolute Gasteiger partial charge is 0.346 e. The van der Waals surface area contributed by atoms with Crippen LogP contribution in [0, 0.1) is 5.82 Å². The molecule has 110 valence electrons. The first kappa shape index (κ1) is 12.9. The minimum absolute atomic E-state index is 0.0444. The molecule has 0 saturated carbocycles. The minimum atomic E-state index is -0.251. The van der Waals surface area contributed by atoms with Crippen molar-refractivity contribution in [1.82, 2.24) is 25.2 Å². The summed E-state index contributed by atoms with van der Waals surface area (Å²) in [6.45, 7) is 0. The second-order valence-corrected chi connectivity index (χ2v) is 5.23. The molecular weight excluding hydrogens is 283 g/mol. The standard InChI is InChI=1S/C15H13FN6/c16-12-5-3-10(4-6-12)14-8-13(11-2-1-7-17-9-11)18-15-19-20-21-22(14)15/h1-7,9,13-14H,8H2,(H,18,19,21)/t13-,14-/m1/s1.